The molecule has 0 saturated carbocycles. The van der Waals surface area contributed by atoms with Gasteiger partial charge in [0.2, 0.25) is 0 Å². The number of pyridine rings is 2. The fourth-order valence-corrected chi connectivity index (χ4v) is 3.88. The Kier molecular flexibility index (Phi) is 4.07. The minimum absolute atomic E-state index is 0.115. The monoisotopic (exact) mass is 444 g/mol. The lowest BCUT2D eigenvalue weighted by Crippen LogP contribution is -2.07. The highest BCUT2D eigenvalue weighted by molar-refractivity contribution is 14.1. The van der Waals surface area contributed by atoms with Crippen LogP contribution in [0, 0.1) is 17.4 Å². The summed E-state index contributed by atoms with van der Waals surface area (Å²) >= 11 is 2.36. The van der Waals surface area contributed by atoms with Crippen LogP contribution in [-0.2, 0) is 0 Å². The Morgan fingerprint density at radius 2 is 2.04 bits per heavy atom. The molecule has 0 unspecified atom stereocenters. The van der Waals surface area contributed by atoms with Gasteiger partial charge < -0.3 is 9.09 Å². The molecule has 6 heteroatoms. The Hall–Kier alpha value is -2.22. The zero-order valence-electron chi connectivity index (χ0n) is 14.2. The van der Waals surface area contributed by atoms with Gasteiger partial charge in [0.15, 0.2) is 0 Å². The molecule has 4 aromatic heterocycles. The van der Waals surface area contributed by atoms with Crippen molar-refractivity contribution in [1.82, 2.24) is 19.7 Å². The Bertz CT molecular complexity index is 1030. The van der Waals surface area contributed by atoms with Crippen molar-refractivity contribution in [2.24, 2.45) is 0 Å². The number of halogens is 1. The van der Waals surface area contributed by atoms with E-state index in [0.29, 0.717) is 0 Å². The standard InChI is InChI=1S/C19H17IN4O/c1-11-18(13(3)25-23-11)14-8-15-16(20)10-24(19(15)22-9-14)12(2)17-6-4-5-7-21-17/h4-10,12H,1-3H3/t12-/m0/s1. The van der Waals surface area contributed by atoms with Gasteiger partial charge in [0.25, 0.3) is 0 Å². The van der Waals surface area contributed by atoms with Crippen molar-refractivity contribution in [3.8, 4) is 11.1 Å². The molecule has 4 rings (SSSR count). The summed E-state index contributed by atoms with van der Waals surface area (Å²) in [6.07, 6.45) is 5.85. The maximum absolute atomic E-state index is 5.30. The van der Waals surface area contributed by atoms with Crippen LogP contribution in [0.4, 0.5) is 0 Å². The maximum atomic E-state index is 5.30. The van der Waals surface area contributed by atoms with Crippen molar-refractivity contribution in [2.75, 3.05) is 0 Å². The molecule has 4 heterocycles. The summed E-state index contributed by atoms with van der Waals surface area (Å²) in [5, 5.41) is 5.18. The van der Waals surface area contributed by atoms with Gasteiger partial charge in [0.1, 0.15) is 11.4 Å². The van der Waals surface area contributed by atoms with Crippen LogP contribution < -0.4 is 0 Å². The van der Waals surface area contributed by atoms with Gasteiger partial charge in [0.05, 0.1) is 17.4 Å². The maximum Gasteiger partial charge on any atom is 0.141 e. The first-order chi connectivity index (χ1) is 12.1. The highest BCUT2D eigenvalue weighted by Crippen LogP contribution is 2.32. The lowest BCUT2D eigenvalue weighted by molar-refractivity contribution is 0.393. The molecule has 126 valence electrons. The first kappa shape index (κ1) is 16.3. The van der Waals surface area contributed by atoms with Gasteiger partial charge >= 0.3 is 0 Å². The van der Waals surface area contributed by atoms with Crippen molar-refractivity contribution >= 4 is 33.6 Å². The van der Waals surface area contributed by atoms with Crippen molar-refractivity contribution in [3.63, 3.8) is 0 Å². The number of rotatable bonds is 3. The van der Waals surface area contributed by atoms with Crippen LogP contribution in [0.15, 0.2) is 47.4 Å². The second-order valence-electron chi connectivity index (χ2n) is 6.11. The molecule has 0 aliphatic heterocycles. The highest BCUT2D eigenvalue weighted by atomic mass is 127. The first-order valence-electron chi connectivity index (χ1n) is 8.06. The molecule has 0 aliphatic carbocycles. The minimum Gasteiger partial charge on any atom is -0.361 e. The van der Waals surface area contributed by atoms with E-state index in [0.717, 1.165) is 42.9 Å². The number of aryl methyl sites for hydroxylation is 2. The summed E-state index contributed by atoms with van der Waals surface area (Å²) in [6, 6.07) is 8.27. The van der Waals surface area contributed by atoms with Crippen LogP contribution in [0.1, 0.15) is 30.1 Å². The Morgan fingerprint density at radius 3 is 2.72 bits per heavy atom. The molecule has 1 atom stereocenters. The molecule has 0 aromatic carbocycles. The Labute approximate surface area is 159 Å². The summed E-state index contributed by atoms with van der Waals surface area (Å²) in [5.41, 5.74) is 4.92. The van der Waals surface area contributed by atoms with Gasteiger partial charge in [-0.1, -0.05) is 11.2 Å². The topological polar surface area (TPSA) is 56.7 Å². The molecule has 25 heavy (non-hydrogen) atoms. The van der Waals surface area contributed by atoms with Crippen LogP contribution in [0.25, 0.3) is 22.2 Å². The molecular formula is C19H17IN4O. The molecule has 5 nitrogen and oxygen atoms in total. The van der Waals surface area contributed by atoms with E-state index in [9.17, 15) is 0 Å². The second-order valence-corrected chi connectivity index (χ2v) is 7.27. The SMILES string of the molecule is Cc1noc(C)c1-c1cnc2c(c1)c(I)cn2[C@@H](C)c1ccccn1. The minimum atomic E-state index is 0.115. The highest BCUT2D eigenvalue weighted by Gasteiger charge is 2.18. The molecule has 0 radical (unpaired) electrons. The van der Waals surface area contributed by atoms with Gasteiger partial charge in [-0.3, -0.25) is 4.98 Å². The van der Waals surface area contributed by atoms with Crippen LogP contribution in [0.3, 0.4) is 0 Å². The summed E-state index contributed by atoms with van der Waals surface area (Å²) in [4.78, 5) is 9.23. The van der Waals surface area contributed by atoms with Gasteiger partial charge in [0, 0.05) is 38.7 Å². The third-order valence-corrected chi connectivity index (χ3v) is 5.34. The number of fused-ring (bicyclic) bond motifs is 1. The van der Waals surface area contributed by atoms with Crippen molar-refractivity contribution in [3.05, 3.63) is 63.6 Å². The van der Waals surface area contributed by atoms with Gasteiger partial charge in [-0.15, -0.1) is 0 Å². The Morgan fingerprint density at radius 1 is 1.20 bits per heavy atom. The normalized spacial score (nSPS) is 12.6. The van der Waals surface area contributed by atoms with Crippen molar-refractivity contribution in [1.29, 1.82) is 0 Å². The lowest BCUT2D eigenvalue weighted by Gasteiger charge is -2.14. The second kappa shape index (κ2) is 6.25. The lowest BCUT2D eigenvalue weighted by atomic mass is 10.1. The van der Waals surface area contributed by atoms with Crippen LogP contribution >= 0.6 is 22.6 Å². The third kappa shape index (κ3) is 2.74. The van der Waals surface area contributed by atoms with E-state index >= 15 is 0 Å². The average Bonchev–Trinajstić information content (AvgIpc) is 3.14. The number of hydrogen-bond donors (Lipinski definition) is 0. The van der Waals surface area contributed by atoms with Crippen LogP contribution in [-0.4, -0.2) is 19.7 Å². The molecule has 0 fully saturated rings. The fraction of sp³-hybridized carbons (Fsp3) is 0.211. The van der Waals surface area contributed by atoms with Crippen molar-refractivity contribution < 1.29 is 4.52 Å². The number of nitrogens with zero attached hydrogens (tertiary/aromatic N) is 4. The van der Waals surface area contributed by atoms with E-state index < -0.39 is 0 Å². The molecule has 0 spiro atoms. The molecule has 0 aliphatic rings. The van der Waals surface area contributed by atoms with Crippen LogP contribution in [0.2, 0.25) is 0 Å². The van der Waals surface area contributed by atoms with E-state index in [-0.39, 0.29) is 6.04 Å². The summed E-state index contributed by atoms with van der Waals surface area (Å²) in [6.45, 7) is 6.02. The predicted octanol–water partition coefficient (Wildman–Crippen LogP) is 4.92. The summed E-state index contributed by atoms with van der Waals surface area (Å²) in [7, 11) is 0. The van der Waals surface area contributed by atoms with E-state index in [1.807, 2.05) is 44.4 Å². The van der Waals surface area contributed by atoms with Crippen LogP contribution in [0.5, 0.6) is 0 Å². The van der Waals surface area contributed by atoms with Gasteiger partial charge in [-0.05, 0) is 61.6 Å². The fourth-order valence-electron chi connectivity index (χ4n) is 3.18. The largest absolute Gasteiger partial charge is 0.361 e. The molecular weight excluding hydrogens is 427 g/mol. The molecule has 0 amide bonds. The summed E-state index contributed by atoms with van der Waals surface area (Å²) < 4.78 is 8.64. The van der Waals surface area contributed by atoms with Gasteiger partial charge in [-0.2, -0.15) is 0 Å². The molecule has 4 aromatic rings. The summed E-state index contributed by atoms with van der Waals surface area (Å²) in [5.74, 6) is 0.815. The first-order valence-corrected chi connectivity index (χ1v) is 9.14. The number of aromatic nitrogens is 4. The Balaban J connectivity index is 1.85. The van der Waals surface area contributed by atoms with E-state index in [1.54, 1.807) is 0 Å². The predicted molar refractivity (Wildman–Crippen MR) is 105 cm³/mol. The molecule has 0 bridgehead atoms. The van der Waals surface area contributed by atoms with Gasteiger partial charge in [-0.25, -0.2) is 4.98 Å². The molecule has 0 saturated heterocycles. The average molecular weight is 444 g/mol. The van der Waals surface area contributed by atoms with E-state index in [1.165, 1.54) is 0 Å². The quantitative estimate of drug-likeness (QED) is 0.421. The van der Waals surface area contributed by atoms with E-state index in [4.69, 9.17) is 9.51 Å². The zero-order chi connectivity index (χ0) is 17.6. The zero-order valence-corrected chi connectivity index (χ0v) is 16.4. The third-order valence-electron chi connectivity index (χ3n) is 4.48. The smallest absolute Gasteiger partial charge is 0.141 e. The van der Waals surface area contributed by atoms with E-state index in [2.05, 4.69) is 56.5 Å². The van der Waals surface area contributed by atoms with Crippen molar-refractivity contribution in [2.45, 2.75) is 26.8 Å². The molecule has 0 N–H and O–H groups in total. The number of hydrogen-bond acceptors (Lipinski definition) is 4.